The Morgan fingerprint density at radius 3 is 2.43 bits per heavy atom. The van der Waals surface area contributed by atoms with Crippen LogP contribution in [0.4, 0.5) is 0 Å². The third-order valence-electron chi connectivity index (χ3n) is 3.47. The maximum atomic E-state index is 11.5. The van der Waals surface area contributed by atoms with Crippen molar-refractivity contribution in [2.24, 2.45) is 0 Å². The molecule has 0 aliphatic rings. The van der Waals surface area contributed by atoms with Gasteiger partial charge in [0.05, 0.1) is 20.8 Å². The highest BCUT2D eigenvalue weighted by Gasteiger charge is 2.21. The van der Waals surface area contributed by atoms with E-state index in [4.69, 9.17) is 14.2 Å². The number of carboxylic acids is 1. The van der Waals surface area contributed by atoms with Gasteiger partial charge in [0, 0.05) is 12.5 Å². The molecule has 0 saturated carbocycles. The fourth-order valence-electron chi connectivity index (χ4n) is 2.21. The van der Waals surface area contributed by atoms with Gasteiger partial charge in [-0.1, -0.05) is 36.4 Å². The molecule has 122 valence electrons. The van der Waals surface area contributed by atoms with Gasteiger partial charge in [-0.2, -0.15) is 0 Å². The fourth-order valence-corrected chi connectivity index (χ4v) is 2.21. The second-order valence-corrected chi connectivity index (χ2v) is 5.01. The average molecular weight is 316 g/mol. The minimum Gasteiger partial charge on any atom is -0.497 e. The summed E-state index contributed by atoms with van der Waals surface area (Å²) in [7, 11) is 3.11. The number of aliphatic carboxylic acids is 1. The van der Waals surface area contributed by atoms with Crippen LogP contribution < -0.4 is 9.47 Å². The number of carboxylic acid groups (broad SMARTS) is 1. The smallest absolute Gasteiger partial charge is 0.333 e. The van der Waals surface area contributed by atoms with Crippen molar-refractivity contribution < 1.29 is 24.1 Å². The molecule has 0 radical (unpaired) electrons. The lowest BCUT2D eigenvalue weighted by Crippen LogP contribution is -2.26. The lowest BCUT2D eigenvalue weighted by atomic mass is 10.1. The van der Waals surface area contributed by atoms with Gasteiger partial charge in [-0.25, -0.2) is 4.79 Å². The van der Waals surface area contributed by atoms with Crippen molar-refractivity contribution in [1.29, 1.82) is 0 Å². The number of hydrogen-bond donors (Lipinski definition) is 1. The molecule has 2 aromatic rings. The number of benzene rings is 2. The molecular formula is C18H20O5. The van der Waals surface area contributed by atoms with Gasteiger partial charge in [0.1, 0.15) is 11.5 Å². The van der Waals surface area contributed by atoms with Crippen molar-refractivity contribution in [3.05, 3.63) is 59.7 Å². The number of hydrogen-bond acceptors (Lipinski definition) is 4. The lowest BCUT2D eigenvalue weighted by Gasteiger charge is -2.16. The van der Waals surface area contributed by atoms with E-state index in [1.807, 2.05) is 30.3 Å². The summed E-state index contributed by atoms with van der Waals surface area (Å²) in [5, 5.41) is 9.39. The van der Waals surface area contributed by atoms with E-state index in [1.54, 1.807) is 32.4 Å². The van der Waals surface area contributed by atoms with Crippen LogP contribution in [-0.2, 0) is 22.6 Å². The second kappa shape index (κ2) is 8.19. The number of ether oxygens (including phenoxy) is 3. The second-order valence-electron chi connectivity index (χ2n) is 5.01. The summed E-state index contributed by atoms with van der Waals surface area (Å²) in [4.78, 5) is 11.5. The van der Waals surface area contributed by atoms with Crippen molar-refractivity contribution in [1.82, 2.24) is 0 Å². The van der Waals surface area contributed by atoms with E-state index < -0.39 is 12.1 Å². The van der Waals surface area contributed by atoms with E-state index >= 15 is 0 Å². The molecule has 0 bridgehead atoms. The highest BCUT2D eigenvalue weighted by atomic mass is 16.5. The third-order valence-corrected chi connectivity index (χ3v) is 3.47. The van der Waals surface area contributed by atoms with E-state index in [0.717, 1.165) is 11.1 Å². The molecule has 1 N–H and O–H groups in total. The normalized spacial score (nSPS) is 11.7. The Bertz CT molecular complexity index is 639. The van der Waals surface area contributed by atoms with Gasteiger partial charge >= 0.3 is 5.97 Å². The SMILES string of the molecule is COc1ccc(CC(OCc2ccccc2)C(=O)O)c(OC)c1. The Morgan fingerprint density at radius 1 is 1.09 bits per heavy atom. The van der Waals surface area contributed by atoms with Crippen LogP contribution in [0.2, 0.25) is 0 Å². The zero-order valence-electron chi connectivity index (χ0n) is 13.2. The quantitative estimate of drug-likeness (QED) is 0.811. The molecule has 0 fully saturated rings. The molecule has 5 heteroatoms. The Kier molecular flexibility index (Phi) is 6.00. The fraction of sp³-hybridized carbons (Fsp3) is 0.278. The van der Waals surface area contributed by atoms with E-state index in [-0.39, 0.29) is 13.0 Å². The summed E-state index contributed by atoms with van der Waals surface area (Å²) in [6.45, 7) is 0.246. The average Bonchev–Trinajstić information content (AvgIpc) is 2.59. The van der Waals surface area contributed by atoms with Gasteiger partial charge in [0.25, 0.3) is 0 Å². The third kappa shape index (κ3) is 4.72. The molecule has 0 saturated heterocycles. The highest BCUT2D eigenvalue weighted by Crippen LogP contribution is 2.26. The van der Waals surface area contributed by atoms with E-state index in [9.17, 15) is 9.90 Å². The largest absolute Gasteiger partial charge is 0.497 e. The van der Waals surface area contributed by atoms with Crippen LogP contribution in [0, 0.1) is 0 Å². The maximum absolute atomic E-state index is 11.5. The molecule has 23 heavy (non-hydrogen) atoms. The topological polar surface area (TPSA) is 65.0 Å². The summed E-state index contributed by atoms with van der Waals surface area (Å²) in [5.74, 6) is 0.236. The molecule has 0 heterocycles. The Morgan fingerprint density at radius 2 is 1.83 bits per heavy atom. The first-order chi connectivity index (χ1) is 11.1. The first kappa shape index (κ1) is 16.8. The van der Waals surface area contributed by atoms with Gasteiger partial charge in [0.15, 0.2) is 6.10 Å². The molecule has 1 unspecified atom stereocenters. The molecule has 0 aromatic heterocycles. The monoisotopic (exact) mass is 316 g/mol. The predicted octanol–water partition coefficient (Wildman–Crippen LogP) is 2.92. The van der Waals surface area contributed by atoms with Crippen LogP contribution in [0.5, 0.6) is 11.5 Å². The van der Waals surface area contributed by atoms with Crippen LogP contribution in [0.15, 0.2) is 48.5 Å². The lowest BCUT2D eigenvalue weighted by molar-refractivity contribution is -0.151. The number of methoxy groups -OCH3 is 2. The molecular weight excluding hydrogens is 296 g/mol. The first-order valence-corrected chi connectivity index (χ1v) is 7.23. The molecule has 0 aliphatic carbocycles. The van der Waals surface area contributed by atoms with Crippen molar-refractivity contribution in [2.75, 3.05) is 14.2 Å². The van der Waals surface area contributed by atoms with Crippen LogP contribution >= 0.6 is 0 Å². The van der Waals surface area contributed by atoms with Gasteiger partial charge in [0.2, 0.25) is 0 Å². The predicted molar refractivity (Wildman–Crippen MR) is 85.9 cm³/mol. The highest BCUT2D eigenvalue weighted by molar-refractivity contribution is 5.73. The van der Waals surface area contributed by atoms with E-state index in [0.29, 0.717) is 11.5 Å². The molecule has 1 atom stereocenters. The van der Waals surface area contributed by atoms with Crippen LogP contribution in [0.1, 0.15) is 11.1 Å². The summed E-state index contributed by atoms with van der Waals surface area (Å²) in [6, 6.07) is 14.8. The summed E-state index contributed by atoms with van der Waals surface area (Å²) in [5.41, 5.74) is 1.69. The Labute approximate surface area is 135 Å². The standard InChI is InChI=1S/C18H20O5/c1-21-15-9-8-14(16(11-15)22-2)10-17(18(19)20)23-12-13-6-4-3-5-7-13/h3-9,11,17H,10,12H2,1-2H3,(H,19,20). The van der Waals surface area contributed by atoms with Crippen molar-refractivity contribution in [3.63, 3.8) is 0 Å². The first-order valence-electron chi connectivity index (χ1n) is 7.23. The number of carbonyl (C=O) groups is 1. The van der Waals surface area contributed by atoms with Crippen molar-refractivity contribution in [2.45, 2.75) is 19.1 Å². The van der Waals surface area contributed by atoms with Crippen LogP contribution in [0.25, 0.3) is 0 Å². The molecule has 2 rings (SSSR count). The minimum atomic E-state index is -1.00. The van der Waals surface area contributed by atoms with E-state index in [1.165, 1.54) is 0 Å². The molecule has 0 aliphatic heterocycles. The maximum Gasteiger partial charge on any atom is 0.333 e. The Hall–Kier alpha value is -2.53. The van der Waals surface area contributed by atoms with Gasteiger partial charge in [-0.05, 0) is 17.2 Å². The number of rotatable bonds is 8. The summed E-state index contributed by atoms with van der Waals surface area (Å²) in [6.07, 6.45) is -0.729. The minimum absolute atomic E-state index is 0.218. The van der Waals surface area contributed by atoms with Gasteiger partial charge in [-0.3, -0.25) is 0 Å². The summed E-state index contributed by atoms with van der Waals surface area (Å²) >= 11 is 0. The molecule has 0 amide bonds. The van der Waals surface area contributed by atoms with Crippen molar-refractivity contribution >= 4 is 5.97 Å². The summed E-state index contributed by atoms with van der Waals surface area (Å²) < 4.78 is 16.0. The molecule has 0 spiro atoms. The van der Waals surface area contributed by atoms with Crippen LogP contribution in [0.3, 0.4) is 0 Å². The van der Waals surface area contributed by atoms with Crippen LogP contribution in [-0.4, -0.2) is 31.4 Å². The van der Waals surface area contributed by atoms with Crippen molar-refractivity contribution in [3.8, 4) is 11.5 Å². The zero-order chi connectivity index (χ0) is 16.7. The molecule has 5 nitrogen and oxygen atoms in total. The Balaban J connectivity index is 2.08. The van der Waals surface area contributed by atoms with E-state index in [2.05, 4.69) is 0 Å². The molecule has 2 aromatic carbocycles. The zero-order valence-corrected chi connectivity index (χ0v) is 13.2. The van der Waals surface area contributed by atoms with Gasteiger partial charge < -0.3 is 19.3 Å². The van der Waals surface area contributed by atoms with Gasteiger partial charge in [-0.15, -0.1) is 0 Å².